The largest absolute Gasteiger partial charge is 0.504 e. The minimum Gasteiger partial charge on any atom is -0.504 e. The van der Waals surface area contributed by atoms with Crippen LogP contribution in [0.5, 0.6) is 11.5 Å². The number of hydrogen-bond acceptors (Lipinski definition) is 5. The number of amides is 1. The van der Waals surface area contributed by atoms with Crippen molar-refractivity contribution in [3.63, 3.8) is 0 Å². The summed E-state index contributed by atoms with van der Waals surface area (Å²) in [4.78, 5) is 19.3. The number of aliphatic hydroxyl groups is 1. The number of ether oxygens (including phenoxy) is 1. The molecule has 0 unspecified atom stereocenters. The smallest absolute Gasteiger partial charge is 0.253 e. The van der Waals surface area contributed by atoms with E-state index in [0.29, 0.717) is 34.7 Å². The van der Waals surface area contributed by atoms with Crippen LogP contribution < -0.4 is 10.1 Å². The third-order valence-electron chi connectivity index (χ3n) is 9.99. The number of halogens is 2. The molecule has 8 rings (SSSR count). The molecule has 2 aromatic carbocycles. The minimum atomic E-state index is -0.967. The Morgan fingerprint density at radius 3 is 2.87 bits per heavy atom. The number of aromatic nitrogens is 1. The summed E-state index contributed by atoms with van der Waals surface area (Å²) in [6.07, 6.45) is 6.49. The molecule has 1 aromatic heterocycles. The van der Waals surface area contributed by atoms with Crippen LogP contribution in [-0.2, 0) is 11.8 Å². The number of benzene rings is 2. The van der Waals surface area contributed by atoms with Gasteiger partial charge in [-0.25, -0.2) is 0 Å². The number of rotatable bonds is 4. The number of para-hydroxylation sites is 1. The lowest BCUT2D eigenvalue weighted by atomic mass is 9.48. The third-order valence-corrected chi connectivity index (χ3v) is 10.3. The standard InChI is InChI=1S/C29H30ClN3O4.ClH/c30-19-13-31-24-17(19)2-1-3-18(24)27(35)32-20-8-9-29(36)22-12-16-6-7-21(34)25-23(16)28(29,26(20)37-25)10-11-33(22)14-15-4-5-15;/h1-3,6-7,13,15,20,22,26,31,34,36H,4-5,8-12,14H2,(H,32,35);1H/t20-,22+,26-,28-,29+;/m0./s1. The van der Waals surface area contributed by atoms with E-state index in [1.807, 2.05) is 18.2 Å². The number of nitrogens with zero attached hydrogens (tertiary/aromatic N) is 1. The zero-order chi connectivity index (χ0) is 25.1. The Bertz CT molecular complexity index is 1470. The van der Waals surface area contributed by atoms with E-state index in [1.165, 1.54) is 12.8 Å². The lowest BCUT2D eigenvalue weighted by Gasteiger charge is -2.64. The van der Waals surface area contributed by atoms with Crippen molar-refractivity contribution in [2.75, 3.05) is 13.1 Å². The van der Waals surface area contributed by atoms with Crippen molar-refractivity contribution >= 4 is 40.8 Å². The molecule has 2 aliphatic heterocycles. The minimum absolute atomic E-state index is 0. The highest BCUT2D eigenvalue weighted by Gasteiger charge is 2.73. The average Bonchev–Trinajstić information content (AvgIpc) is 3.52. The summed E-state index contributed by atoms with van der Waals surface area (Å²) in [5.74, 6) is 1.15. The molecule has 200 valence electrons. The lowest BCUT2D eigenvalue weighted by Crippen LogP contribution is -2.78. The highest BCUT2D eigenvalue weighted by molar-refractivity contribution is 6.36. The fourth-order valence-corrected chi connectivity index (χ4v) is 8.40. The Balaban J connectivity index is 0.00000242. The number of piperidine rings is 1. The molecule has 5 aliphatic rings. The van der Waals surface area contributed by atoms with Crippen molar-refractivity contribution < 1.29 is 19.7 Å². The third kappa shape index (κ3) is 3.07. The summed E-state index contributed by atoms with van der Waals surface area (Å²) in [6.45, 7) is 1.93. The van der Waals surface area contributed by atoms with E-state index in [-0.39, 0.29) is 36.1 Å². The van der Waals surface area contributed by atoms with Gasteiger partial charge in [0.05, 0.1) is 33.2 Å². The quantitative estimate of drug-likeness (QED) is 0.384. The van der Waals surface area contributed by atoms with Crippen molar-refractivity contribution in [1.82, 2.24) is 15.2 Å². The van der Waals surface area contributed by atoms with E-state index in [2.05, 4.69) is 15.2 Å². The van der Waals surface area contributed by atoms with Gasteiger partial charge < -0.3 is 25.3 Å². The molecule has 1 spiro atoms. The van der Waals surface area contributed by atoms with Crippen LogP contribution in [0.15, 0.2) is 36.5 Å². The number of hydrogen-bond donors (Lipinski definition) is 4. The number of H-pyrrole nitrogens is 1. The molecular weight excluding hydrogens is 525 g/mol. The van der Waals surface area contributed by atoms with E-state index in [9.17, 15) is 15.0 Å². The number of carbonyl (C=O) groups is 1. The fraction of sp³-hybridized carbons (Fsp3) is 0.483. The molecule has 1 saturated heterocycles. The van der Waals surface area contributed by atoms with Crippen molar-refractivity contribution in [2.24, 2.45) is 5.92 Å². The van der Waals surface area contributed by atoms with Gasteiger partial charge in [0.1, 0.15) is 6.10 Å². The monoisotopic (exact) mass is 555 g/mol. The van der Waals surface area contributed by atoms with Crippen LogP contribution in [0.3, 0.4) is 0 Å². The molecule has 3 fully saturated rings. The van der Waals surface area contributed by atoms with Gasteiger partial charge in [0, 0.05) is 29.7 Å². The number of phenols is 1. The van der Waals surface area contributed by atoms with Crippen LogP contribution in [0.4, 0.5) is 0 Å². The van der Waals surface area contributed by atoms with Crippen LogP contribution in [0.1, 0.15) is 53.6 Å². The maximum absolute atomic E-state index is 13.6. The van der Waals surface area contributed by atoms with Crippen LogP contribution in [0, 0.1) is 5.92 Å². The van der Waals surface area contributed by atoms with Gasteiger partial charge in [0.25, 0.3) is 5.91 Å². The van der Waals surface area contributed by atoms with Crippen LogP contribution in [0.25, 0.3) is 10.9 Å². The topological polar surface area (TPSA) is 97.8 Å². The van der Waals surface area contributed by atoms with E-state index in [0.717, 1.165) is 48.4 Å². The molecule has 4 N–H and O–H groups in total. The Morgan fingerprint density at radius 1 is 1.21 bits per heavy atom. The number of aromatic hydroxyl groups is 1. The maximum atomic E-state index is 13.6. The van der Waals surface area contributed by atoms with E-state index in [1.54, 1.807) is 18.3 Å². The zero-order valence-corrected chi connectivity index (χ0v) is 22.4. The van der Waals surface area contributed by atoms with Crippen LogP contribution >= 0.6 is 24.0 Å². The van der Waals surface area contributed by atoms with Crippen LogP contribution in [-0.4, -0.2) is 62.9 Å². The summed E-state index contributed by atoms with van der Waals surface area (Å²) in [5.41, 5.74) is 1.74. The van der Waals surface area contributed by atoms with Crippen molar-refractivity contribution in [3.05, 3.63) is 58.2 Å². The second-order valence-electron chi connectivity index (χ2n) is 11.8. The number of phenolic OH excluding ortho intramolecular Hbond substituents is 1. The maximum Gasteiger partial charge on any atom is 0.253 e. The summed E-state index contributed by atoms with van der Waals surface area (Å²) in [6, 6.07) is 8.96. The Hall–Kier alpha value is -2.45. The van der Waals surface area contributed by atoms with Gasteiger partial charge >= 0.3 is 0 Å². The molecular formula is C29H31Cl2N3O4. The Kier molecular flexibility index (Phi) is 5.35. The highest BCUT2D eigenvalue weighted by atomic mass is 35.5. The predicted molar refractivity (Wildman–Crippen MR) is 147 cm³/mol. The molecule has 0 radical (unpaired) electrons. The molecule has 3 heterocycles. The van der Waals surface area contributed by atoms with Gasteiger partial charge in [-0.3, -0.25) is 9.69 Å². The molecule has 38 heavy (non-hydrogen) atoms. The molecule has 2 saturated carbocycles. The van der Waals surface area contributed by atoms with Crippen molar-refractivity contribution in [3.8, 4) is 11.5 Å². The van der Waals surface area contributed by atoms with Gasteiger partial charge in [-0.1, -0.05) is 29.8 Å². The van der Waals surface area contributed by atoms with Gasteiger partial charge in [-0.2, -0.15) is 0 Å². The number of aromatic amines is 1. The van der Waals surface area contributed by atoms with Gasteiger partial charge in [-0.05, 0) is 68.7 Å². The first-order valence-corrected chi connectivity index (χ1v) is 13.8. The fourth-order valence-electron chi connectivity index (χ4n) is 8.18. The van der Waals surface area contributed by atoms with Gasteiger partial charge in [0.2, 0.25) is 0 Å². The molecule has 9 heteroatoms. The molecule has 1 amide bonds. The molecule has 3 aromatic rings. The first-order valence-electron chi connectivity index (χ1n) is 13.5. The summed E-state index contributed by atoms with van der Waals surface area (Å²) < 4.78 is 6.57. The average molecular weight is 556 g/mol. The predicted octanol–water partition coefficient (Wildman–Crippen LogP) is 4.31. The summed E-state index contributed by atoms with van der Waals surface area (Å²) in [7, 11) is 0. The highest BCUT2D eigenvalue weighted by Crippen LogP contribution is 2.65. The zero-order valence-electron chi connectivity index (χ0n) is 20.9. The van der Waals surface area contributed by atoms with Crippen molar-refractivity contribution in [1.29, 1.82) is 0 Å². The second-order valence-corrected chi connectivity index (χ2v) is 12.2. The molecule has 7 nitrogen and oxygen atoms in total. The Morgan fingerprint density at radius 2 is 2.05 bits per heavy atom. The lowest BCUT2D eigenvalue weighted by molar-refractivity contribution is -0.191. The van der Waals surface area contributed by atoms with Crippen LogP contribution in [0.2, 0.25) is 5.02 Å². The summed E-state index contributed by atoms with van der Waals surface area (Å²) >= 11 is 6.30. The SMILES string of the molecule is Cl.O=C(N[C@H]1CC[C@@]2(O)[C@H]3Cc4ccc(O)c5c4[C@@]2(CCN3CC2CC2)[C@H]1O5)c1cccc2c(Cl)c[nH]c12. The molecule has 2 bridgehead atoms. The van der Waals surface area contributed by atoms with Crippen molar-refractivity contribution in [2.45, 2.75) is 67.7 Å². The first-order chi connectivity index (χ1) is 17.9. The Labute approximate surface area is 231 Å². The number of fused-ring (bicyclic) bond motifs is 1. The normalized spacial score (nSPS) is 32.8. The van der Waals surface area contributed by atoms with Gasteiger partial charge in [0.15, 0.2) is 11.5 Å². The van der Waals surface area contributed by atoms with E-state index in [4.69, 9.17) is 16.3 Å². The van der Waals surface area contributed by atoms with E-state index >= 15 is 0 Å². The van der Waals surface area contributed by atoms with Gasteiger partial charge in [-0.15, -0.1) is 12.4 Å². The van der Waals surface area contributed by atoms with E-state index < -0.39 is 17.1 Å². The molecule has 3 aliphatic carbocycles. The molecule has 5 atom stereocenters. The number of nitrogens with one attached hydrogen (secondary N) is 2. The summed E-state index contributed by atoms with van der Waals surface area (Å²) in [5, 5.41) is 28.0. The second kappa shape index (κ2) is 8.28. The number of carbonyl (C=O) groups excluding carboxylic acids is 1. The number of likely N-dealkylation sites (tertiary alicyclic amines) is 1. The first kappa shape index (κ1) is 24.6.